The van der Waals surface area contributed by atoms with Crippen molar-refractivity contribution in [2.45, 2.75) is 31.3 Å². The third-order valence-corrected chi connectivity index (χ3v) is 3.55. The molecule has 0 saturated heterocycles. The summed E-state index contributed by atoms with van der Waals surface area (Å²) in [4.78, 5) is 11.9. The van der Waals surface area contributed by atoms with E-state index in [9.17, 15) is 9.90 Å². The van der Waals surface area contributed by atoms with Crippen LogP contribution in [0.3, 0.4) is 0 Å². The van der Waals surface area contributed by atoms with Crippen molar-refractivity contribution in [1.82, 2.24) is 5.32 Å². The van der Waals surface area contributed by atoms with Crippen molar-refractivity contribution >= 4 is 5.97 Å². The monoisotopic (exact) mass is 293 g/mol. The molecule has 0 radical (unpaired) electrons. The van der Waals surface area contributed by atoms with Gasteiger partial charge in [0.15, 0.2) is 5.54 Å². The Bertz CT molecular complexity index is 447. The molecule has 1 unspecified atom stereocenters. The summed E-state index contributed by atoms with van der Waals surface area (Å²) in [6, 6.07) is 9.49. The molecule has 1 fully saturated rings. The quantitative estimate of drug-likeness (QED) is 0.644. The summed E-state index contributed by atoms with van der Waals surface area (Å²) in [5.74, 6) is -0.906. The zero-order chi connectivity index (χ0) is 15.1. The van der Waals surface area contributed by atoms with Crippen molar-refractivity contribution in [2.24, 2.45) is 0 Å². The second-order valence-corrected chi connectivity index (χ2v) is 5.24. The van der Waals surface area contributed by atoms with Gasteiger partial charge in [0.25, 0.3) is 0 Å². The molecule has 0 heterocycles. The van der Waals surface area contributed by atoms with E-state index in [2.05, 4.69) is 5.32 Å². The van der Waals surface area contributed by atoms with E-state index in [0.717, 1.165) is 18.4 Å². The van der Waals surface area contributed by atoms with Gasteiger partial charge in [-0.15, -0.1) is 0 Å². The van der Waals surface area contributed by atoms with Crippen LogP contribution in [0.25, 0.3) is 0 Å². The molecule has 2 rings (SSSR count). The Morgan fingerprint density at radius 2 is 1.95 bits per heavy atom. The fourth-order valence-electron chi connectivity index (χ4n) is 2.24. The lowest BCUT2D eigenvalue weighted by Gasteiger charge is -2.31. The molecule has 1 saturated carbocycles. The molecule has 5 nitrogen and oxygen atoms in total. The van der Waals surface area contributed by atoms with Gasteiger partial charge in [-0.05, 0) is 25.3 Å². The van der Waals surface area contributed by atoms with Crippen LogP contribution in [0.15, 0.2) is 30.3 Å². The van der Waals surface area contributed by atoms with Gasteiger partial charge in [-0.1, -0.05) is 30.3 Å². The Kier molecular flexibility index (Phi) is 5.73. The molecule has 0 aliphatic heterocycles. The summed E-state index contributed by atoms with van der Waals surface area (Å²) in [5.41, 5.74) is -0.463. The molecule has 1 aliphatic carbocycles. The average molecular weight is 293 g/mol. The summed E-state index contributed by atoms with van der Waals surface area (Å²) in [6.07, 6.45) is 2.03. The highest BCUT2D eigenvalue weighted by Crippen LogP contribution is 2.29. The third kappa shape index (κ3) is 4.27. The van der Waals surface area contributed by atoms with Gasteiger partial charge in [0.05, 0.1) is 19.8 Å². The first-order chi connectivity index (χ1) is 10.2. The molecule has 5 heteroatoms. The number of carboxylic acid groups (broad SMARTS) is 1. The lowest BCUT2D eigenvalue weighted by Crippen LogP contribution is -2.53. The van der Waals surface area contributed by atoms with Gasteiger partial charge in [-0.2, -0.15) is 0 Å². The SMILES string of the molecule is CCOCCOCC(NC1CC1)(C(=O)O)c1ccccc1. The Balaban J connectivity index is 2.09. The summed E-state index contributed by atoms with van der Waals surface area (Å²) in [5, 5.41) is 13.0. The van der Waals surface area contributed by atoms with Crippen molar-refractivity contribution in [1.29, 1.82) is 0 Å². The second kappa shape index (κ2) is 7.54. The van der Waals surface area contributed by atoms with E-state index < -0.39 is 11.5 Å². The minimum atomic E-state index is -1.19. The van der Waals surface area contributed by atoms with Crippen LogP contribution >= 0.6 is 0 Å². The van der Waals surface area contributed by atoms with Crippen molar-refractivity contribution in [2.75, 3.05) is 26.4 Å². The fourth-order valence-corrected chi connectivity index (χ4v) is 2.24. The highest BCUT2D eigenvalue weighted by atomic mass is 16.5. The Morgan fingerprint density at radius 3 is 2.52 bits per heavy atom. The van der Waals surface area contributed by atoms with Gasteiger partial charge in [0, 0.05) is 12.6 Å². The standard InChI is InChI=1S/C16H23NO4/c1-2-20-10-11-21-12-16(15(18)19,17-14-8-9-14)13-6-4-3-5-7-13/h3-7,14,17H,2,8-12H2,1H3,(H,18,19). The number of nitrogens with one attached hydrogen (secondary N) is 1. The van der Waals surface area contributed by atoms with E-state index in [-0.39, 0.29) is 12.6 Å². The number of carboxylic acids is 1. The van der Waals surface area contributed by atoms with Crippen molar-refractivity contribution in [3.8, 4) is 0 Å². The van der Waals surface area contributed by atoms with Crippen LogP contribution in [-0.4, -0.2) is 43.5 Å². The number of ether oxygens (including phenoxy) is 2. The van der Waals surface area contributed by atoms with Gasteiger partial charge >= 0.3 is 5.97 Å². The molecule has 2 N–H and O–H groups in total. The smallest absolute Gasteiger partial charge is 0.331 e. The summed E-state index contributed by atoms with van der Waals surface area (Å²) in [6.45, 7) is 3.51. The molecular weight excluding hydrogens is 270 g/mol. The van der Waals surface area contributed by atoms with E-state index in [1.807, 2.05) is 37.3 Å². The number of hydrogen-bond acceptors (Lipinski definition) is 4. The number of rotatable bonds is 10. The number of hydrogen-bond donors (Lipinski definition) is 2. The molecule has 0 bridgehead atoms. The maximum atomic E-state index is 11.9. The molecule has 0 aromatic heterocycles. The normalized spacial score (nSPS) is 17.4. The molecule has 1 aromatic rings. The Labute approximate surface area is 125 Å². The maximum Gasteiger partial charge on any atom is 0.331 e. The minimum Gasteiger partial charge on any atom is -0.480 e. The average Bonchev–Trinajstić information content (AvgIpc) is 3.30. The van der Waals surface area contributed by atoms with Gasteiger partial charge in [-0.25, -0.2) is 4.79 Å². The highest BCUT2D eigenvalue weighted by Gasteiger charge is 2.44. The molecule has 1 aromatic carbocycles. The van der Waals surface area contributed by atoms with Crippen molar-refractivity contribution in [3.05, 3.63) is 35.9 Å². The molecule has 21 heavy (non-hydrogen) atoms. The van der Waals surface area contributed by atoms with Crippen LogP contribution in [-0.2, 0) is 19.8 Å². The van der Waals surface area contributed by atoms with E-state index in [1.54, 1.807) is 0 Å². The predicted octanol–water partition coefficient (Wildman–Crippen LogP) is 1.77. The predicted molar refractivity (Wildman–Crippen MR) is 79.2 cm³/mol. The van der Waals surface area contributed by atoms with E-state index in [1.165, 1.54) is 0 Å². The van der Waals surface area contributed by atoms with Gasteiger partial charge in [-0.3, -0.25) is 5.32 Å². The largest absolute Gasteiger partial charge is 0.480 e. The molecule has 1 atom stereocenters. The lowest BCUT2D eigenvalue weighted by atomic mass is 9.90. The first-order valence-electron chi connectivity index (χ1n) is 7.41. The van der Waals surface area contributed by atoms with Crippen LogP contribution < -0.4 is 5.32 Å². The van der Waals surface area contributed by atoms with E-state index in [0.29, 0.717) is 19.8 Å². The Morgan fingerprint density at radius 1 is 1.29 bits per heavy atom. The van der Waals surface area contributed by atoms with Gasteiger partial charge < -0.3 is 14.6 Å². The number of carbonyl (C=O) groups is 1. The zero-order valence-electron chi connectivity index (χ0n) is 12.4. The van der Waals surface area contributed by atoms with Crippen LogP contribution in [0.2, 0.25) is 0 Å². The zero-order valence-corrected chi connectivity index (χ0v) is 12.4. The number of aliphatic carboxylic acids is 1. The molecule has 116 valence electrons. The topological polar surface area (TPSA) is 67.8 Å². The van der Waals surface area contributed by atoms with Crippen LogP contribution in [0.1, 0.15) is 25.3 Å². The first-order valence-corrected chi connectivity index (χ1v) is 7.41. The second-order valence-electron chi connectivity index (χ2n) is 5.24. The summed E-state index contributed by atoms with van der Waals surface area (Å²) >= 11 is 0. The van der Waals surface area contributed by atoms with Crippen LogP contribution in [0.4, 0.5) is 0 Å². The van der Waals surface area contributed by atoms with Crippen LogP contribution in [0, 0.1) is 0 Å². The maximum absolute atomic E-state index is 11.9. The fraction of sp³-hybridized carbons (Fsp3) is 0.562. The van der Waals surface area contributed by atoms with E-state index >= 15 is 0 Å². The van der Waals surface area contributed by atoms with Gasteiger partial charge in [0.1, 0.15) is 0 Å². The van der Waals surface area contributed by atoms with Crippen molar-refractivity contribution in [3.63, 3.8) is 0 Å². The molecular formula is C16H23NO4. The molecule has 0 spiro atoms. The highest BCUT2D eigenvalue weighted by molar-refractivity contribution is 5.81. The third-order valence-electron chi connectivity index (χ3n) is 3.55. The summed E-state index contributed by atoms with van der Waals surface area (Å²) in [7, 11) is 0. The summed E-state index contributed by atoms with van der Waals surface area (Å²) < 4.78 is 10.8. The lowest BCUT2D eigenvalue weighted by molar-refractivity contribution is -0.149. The molecule has 1 aliphatic rings. The van der Waals surface area contributed by atoms with Crippen LogP contribution in [0.5, 0.6) is 0 Å². The molecule has 0 amide bonds. The number of benzene rings is 1. The first kappa shape index (κ1) is 15.9. The Hall–Kier alpha value is -1.43. The van der Waals surface area contributed by atoms with E-state index in [4.69, 9.17) is 9.47 Å². The minimum absolute atomic E-state index is 0.0932. The van der Waals surface area contributed by atoms with Gasteiger partial charge in [0.2, 0.25) is 0 Å². The van der Waals surface area contributed by atoms with Crippen molar-refractivity contribution < 1.29 is 19.4 Å².